The maximum Gasteiger partial charge on any atom is 0.235 e. The lowest BCUT2D eigenvalue weighted by molar-refractivity contribution is -0.132. The van der Waals surface area contributed by atoms with Gasteiger partial charge in [0, 0.05) is 13.1 Å². The third-order valence-electron chi connectivity index (χ3n) is 4.35. The number of benzene rings is 1. The molecule has 2 heterocycles. The molecule has 1 aromatic carbocycles. The molecule has 1 aliphatic heterocycles. The summed E-state index contributed by atoms with van der Waals surface area (Å²) >= 11 is 1.35. The number of likely N-dealkylation sites (tertiary alicyclic amines) is 1. The summed E-state index contributed by atoms with van der Waals surface area (Å²) in [4.78, 5) is 14.8. The molecule has 0 aliphatic carbocycles. The molecular formula is C17H23N5O2S. The molecule has 25 heavy (non-hydrogen) atoms. The van der Waals surface area contributed by atoms with Crippen LogP contribution in [0.5, 0.6) is 5.75 Å². The Labute approximate surface area is 151 Å². The van der Waals surface area contributed by atoms with Crippen molar-refractivity contribution in [3.8, 4) is 11.4 Å². The van der Waals surface area contributed by atoms with Crippen LogP contribution in [0.2, 0.25) is 0 Å². The minimum Gasteiger partial charge on any atom is -0.508 e. The van der Waals surface area contributed by atoms with E-state index in [9.17, 15) is 9.90 Å². The first kappa shape index (κ1) is 17.7. The Morgan fingerprint density at radius 3 is 2.52 bits per heavy atom. The Hall–Kier alpha value is -2.09. The summed E-state index contributed by atoms with van der Waals surface area (Å²) in [6.07, 6.45) is 1.17. The number of hydrogen-bond acceptors (Lipinski definition) is 6. The molecule has 3 unspecified atom stereocenters. The molecule has 1 aliphatic rings. The minimum absolute atomic E-state index is 0.128. The molecule has 134 valence electrons. The predicted octanol–water partition coefficient (Wildman–Crippen LogP) is 2.35. The number of piperidine rings is 1. The molecule has 7 nitrogen and oxygen atoms in total. The smallest absolute Gasteiger partial charge is 0.235 e. The molecule has 1 N–H and O–H groups in total. The average Bonchev–Trinajstić information content (AvgIpc) is 3.02. The van der Waals surface area contributed by atoms with E-state index in [4.69, 9.17) is 0 Å². The average molecular weight is 361 g/mol. The first-order chi connectivity index (χ1) is 11.9. The Balaban J connectivity index is 1.71. The standard InChI is InChI=1S/C17H23N5O2S/c1-11-8-12(2)10-21(9-11)16(24)13(3)25-17-18-19-20-22(17)14-4-6-15(23)7-5-14/h4-7,11-13,23H,8-10H2,1-3H3. The van der Waals surface area contributed by atoms with Gasteiger partial charge in [0.1, 0.15) is 5.75 Å². The number of tetrazole rings is 1. The van der Waals surface area contributed by atoms with Crippen LogP contribution in [-0.4, -0.2) is 54.5 Å². The summed E-state index contributed by atoms with van der Waals surface area (Å²) in [5.74, 6) is 1.38. The molecule has 2 aromatic rings. The highest BCUT2D eigenvalue weighted by atomic mass is 32.2. The fourth-order valence-corrected chi connectivity index (χ4v) is 4.21. The fraction of sp³-hybridized carbons (Fsp3) is 0.529. The first-order valence-corrected chi connectivity index (χ1v) is 9.35. The van der Waals surface area contributed by atoms with Crippen LogP contribution >= 0.6 is 11.8 Å². The zero-order chi connectivity index (χ0) is 18.0. The van der Waals surface area contributed by atoms with Crippen LogP contribution in [0.4, 0.5) is 0 Å². The minimum atomic E-state index is -0.264. The molecule has 0 spiro atoms. The number of rotatable bonds is 4. The maximum absolute atomic E-state index is 12.8. The topological polar surface area (TPSA) is 84.1 Å². The van der Waals surface area contributed by atoms with Crippen molar-refractivity contribution in [3.63, 3.8) is 0 Å². The molecule has 0 saturated carbocycles. The van der Waals surface area contributed by atoms with E-state index in [1.54, 1.807) is 28.9 Å². The molecule has 0 bridgehead atoms. The van der Waals surface area contributed by atoms with Gasteiger partial charge >= 0.3 is 0 Å². The Morgan fingerprint density at radius 2 is 1.88 bits per heavy atom. The van der Waals surface area contributed by atoms with E-state index in [1.165, 1.54) is 18.2 Å². The number of hydrogen-bond donors (Lipinski definition) is 1. The lowest BCUT2D eigenvalue weighted by Crippen LogP contribution is -2.45. The number of aromatic nitrogens is 4. The molecule has 1 fully saturated rings. The van der Waals surface area contributed by atoms with Gasteiger partial charge in [0.2, 0.25) is 11.1 Å². The molecule has 3 rings (SSSR count). The van der Waals surface area contributed by atoms with Gasteiger partial charge in [-0.15, -0.1) is 5.10 Å². The van der Waals surface area contributed by atoms with Gasteiger partial charge in [-0.2, -0.15) is 4.68 Å². The lowest BCUT2D eigenvalue weighted by Gasteiger charge is -2.36. The van der Waals surface area contributed by atoms with Gasteiger partial charge in [-0.1, -0.05) is 25.6 Å². The van der Waals surface area contributed by atoms with Crippen LogP contribution in [-0.2, 0) is 4.79 Å². The molecule has 3 atom stereocenters. The Morgan fingerprint density at radius 1 is 1.24 bits per heavy atom. The summed E-state index contributed by atoms with van der Waals surface area (Å²) in [7, 11) is 0. The van der Waals surface area contributed by atoms with Crippen molar-refractivity contribution < 1.29 is 9.90 Å². The van der Waals surface area contributed by atoms with E-state index < -0.39 is 0 Å². The van der Waals surface area contributed by atoms with Gasteiger partial charge in [0.15, 0.2) is 0 Å². The van der Waals surface area contributed by atoms with E-state index in [-0.39, 0.29) is 16.9 Å². The van der Waals surface area contributed by atoms with Crippen LogP contribution in [0.3, 0.4) is 0 Å². The van der Waals surface area contributed by atoms with Crippen LogP contribution in [0, 0.1) is 11.8 Å². The number of nitrogens with zero attached hydrogens (tertiary/aromatic N) is 5. The first-order valence-electron chi connectivity index (χ1n) is 8.47. The molecule has 1 saturated heterocycles. The van der Waals surface area contributed by atoms with Crippen molar-refractivity contribution in [1.82, 2.24) is 25.1 Å². The number of amides is 1. The number of thioether (sulfide) groups is 1. The number of carbonyl (C=O) groups is 1. The lowest BCUT2D eigenvalue weighted by atomic mass is 9.92. The van der Waals surface area contributed by atoms with Crippen LogP contribution in [0.1, 0.15) is 27.2 Å². The van der Waals surface area contributed by atoms with E-state index >= 15 is 0 Å². The third kappa shape index (κ3) is 4.12. The second-order valence-corrected chi connectivity index (χ2v) is 8.15. The Bertz CT molecular complexity index is 723. The third-order valence-corrected chi connectivity index (χ3v) is 5.37. The van der Waals surface area contributed by atoms with Gasteiger partial charge in [0.25, 0.3) is 0 Å². The zero-order valence-corrected chi connectivity index (χ0v) is 15.5. The van der Waals surface area contributed by atoms with Crippen molar-refractivity contribution >= 4 is 17.7 Å². The molecule has 8 heteroatoms. The number of phenols is 1. The van der Waals surface area contributed by atoms with E-state index in [1.807, 2.05) is 11.8 Å². The van der Waals surface area contributed by atoms with E-state index in [0.717, 1.165) is 18.8 Å². The monoisotopic (exact) mass is 361 g/mol. The van der Waals surface area contributed by atoms with E-state index in [0.29, 0.717) is 17.0 Å². The zero-order valence-electron chi connectivity index (χ0n) is 14.7. The summed E-state index contributed by atoms with van der Waals surface area (Å²) in [6.45, 7) is 7.92. The summed E-state index contributed by atoms with van der Waals surface area (Å²) < 4.78 is 1.58. The number of carbonyl (C=O) groups excluding carboxylic acids is 1. The van der Waals surface area contributed by atoms with Crippen molar-refractivity contribution in [2.24, 2.45) is 11.8 Å². The SMILES string of the molecule is CC1CC(C)CN(C(=O)C(C)Sc2nnnn2-c2ccc(O)cc2)C1. The molecule has 1 aromatic heterocycles. The second kappa shape index (κ2) is 7.43. The van der Waals surface area contributed by atoms with Gasteiger partial charge in [0.05, 0.1) is 10.9 Å². The van der Waals surface area contributed by atoms with Gasteiger partial charge < -0.3 is 10.0 Å². The normalized spacial score (nSPS) is 22.0. The van der Waals surface area contributed by atoms with Crippen LogP contribution in [0.15, 0.2) is 29.4 Å². The van der Waals surface area contributed by atoms with Crippen molar-refractivity contribution in [2.75, 3.05) is 13.1 Å². The van der Waals surface area contributed by atoms with Crippen molar-refractivity contribution in [1.29, 1.82) is 0 Å². The largest absolute Gasteiger partial charge is 0.508 e. The molecule has 0 radical (unpaired) electrons. The summed E-state index contributed by atoms with van der Waals surface area (Å²) in [5.41, 5.74) is 0.741. The highest BCUT2D eigenvalue weighted by Crippen LogP contribution is 2.27. The molecule has 1 amide bonds. The quantitative estimate of drug-likeness (QED) is 0.842. The van der Waals surface area contributed by atoms with E-state index in [2.05, 4.69) is 29.4 Å². The van der Waals surface area contributed by atoms with Crippen molar-refractivity contribution in [2.45, 2.75) is 37.6 Å². The second-order valence-electron chi connectivity index (χ2n) is 6.84. The van der Waals surface area contributed by atoms with Crippen LogP contribution < -0.4 is 0 Å². The predicted molar refractivity (Wildman–Crippen MR) is 95.7 cm³/mol. The fourth-order valence-electron chi connectivity index (χ4n) is 3.32. The molecular weight excluding hydrogens is 338 g/mol. The van der Waals surface area contributed by atoms with Gasteiger partial charge in [-0.3, -0.25) is 4.79 Å². The van der Waals surface area contributed by atoms with Gasteiger partial charge in [-0.25, -0.2) is 0 Å². The highest BCUT2D eigenvalue weighted by Gasteiger charge is 2.29. The Kier molecular flexibility index (Phi) is 5.27. The van der Waals surface area contributed by atoms with Crippen molar-refractivity contribution in [3.05, 3.63) is 24.3 Å². The summed E-state index contributed by atoms with van der Waals surface area (Å²) in [5, 5.41) is 21.5. The van der Waals surface area contributed by atoms with Crippen LogP contribution in [0.25, 0.3) is 5.69 Å². The maximum atomic E-state index is 12.8. The number of phenolic OH excluding ortho intramolecular Hbond substituents is 1. The number of aromatic hydroxyl groups is 1. The van der Waals surface area contributed by atoms with Gasteiger partial charge in [-0.05, 0) is 59.9 Å². The summed E-state index contributed by atoms with van der Waals surface area (Å²) in [6, 6.07) is 6.62. The highest BCUT2D eigenvalue weighted by molar-refractivity contribution is 8.00.